The Morgan fingerprint density at radius 2 is 1.28 bits per heavy atom. The zero-order chi connectivity index (χ0) is 21.8. The lowest BCUT2D eigenvalue weighted by Gasteiger charge is -2.13. The molecule has 0 saturated carbocycles. The average molecular weight is 544 g/mol. The van der Waals surface area contributed by atoms with Gasteiger partial charge in [0.15, 0.2) is 0 Å². The number of hydrogen-bond donors (Lipinski definition) is 1. The van der Waals surface area contributed by atoms with E-state index in [-0.39, 0.29) is 5.75 Å². The minimum absolute atomic E-state index is 0.239. The molecule has 1 aromatic heterocycles. The maximum Gasteiger partial charge on any atom is 0.145 e. The number of aromatic hydroxyl groups is 1. The van der Waals surface area contributed by atoms with Crippen LogP contribution in [0.3, 0.4) is 0 Å². The van der Waals surface area contributed by atoms with Crippen LogP contribution in [0.4, 0.5) is 0 Å². The van der Waals surface area contributed by atoms with Crippen LogP contribution in [-0.2, 0) is 0 Å². The topological polar surface area (TPSA) is 38.0 Å². The fourth-order valence-corrected chi connectivity index (χ4v) is 5.10. The first-order valence-corrected chi connectivity index (χ1v) is 11.8. The summed E-state index contributed by atoms with van der Waals surface area (Å²) >= 11 is 7.29. The van der Waals surface area contributed by atoms with Gasteiger partial charge in [0.25, 0.3) is 0 Å². The van der Waals surface area contributed by atoms with Gasteiger partial charge >= 0.3 is 0 Å². The van der Waals surface area contributed by atoms with Crippen molar-refractivity contribution >= 4 is 64.4 Å². The Morgan fingerprint density at radius 3 is 1.97 bits per heavy atom. The molecule has 6 rings (SSSR count). The number of hydrogen-bond acceptors (Lipinski definition) is 2. The van der Waals surface area contributed by atoms with Crippen LogP contribution in [-0.4, -0.2) is 14.7 Å². The Labute approximate surface area is 201 Å². The van der Waals surface area contributed by atoms with E-state index in [2.05, 4.69) is 85.0 Å². The van der Waals surface area contributed by atoms with E-state index in [1.807, 2.05) is 30.3 Å². The number of nitrogens with zero attached hydrogens (tertiary/aromatic N) is 2. The molecule has 1 heterocycles. The third-order valence-electron chi connectivity index (χ3n) is 5.78. The largest absolute Gasteiger partial charge is 0.508 e. The molecule has 5 heteroatoms. The van der Waals surface area contributed by atoms with Crippen LogP contribution in [0.5, 0.6) is 5.75 Å². The van der Waals surface area contributed by atoms with Crippen LogP contribution >= 0.6 is 31.9 Å². The molecule has 0 radical (unpaired) electrons. The van der Waals surface area contributed by atoms with E-state index in [0.29, 0.717) is 0 Å². The van der Waals surface area contributed by atoms with Crippen molar-refractivity contribution in [1.82, 2.24) is 9.55 Å². The van der Waals surface area contributed by atoms with E-state index in [1.54, 1.807) is 12.1 Å². The first-order valence-electron chi connectivity index (χ1n) is 10.2. The van der Waals surface area contributed by atoms with E-state index in [0.717, 1.165) is 58.6 Å². The monoisotopic (exact) mass is 542 g/mol. The first kappa shape index (κ1) is 19.5. The van der Waals surface area contributed by atoms with Gasteiger partial charge in [0.2, 0.25) is 0 Å². The molecule has 0 fully saturated rings. The second-order valence-corrected chi connectivity index (χ2v) is 9.56. The third-order valence-corrected chi connectivity index (χ3v) is 6.77. The zero-order valence-corrected chi connectivity index (χ0v) is 19.9. The van der Waals surface area contributed by atoms with Gasteiger partial charge in [0.05, 0.1) is 11.0 Å². The summed E-state index contributed by atoms with van der Waals surface area (Å²) in [6, 6.07) is 30.3. The lowest BCUT2D eigenvalue weighted by Crippen LogP contribution is -1.98. The molecule has 0 aliphatic rings. The molecule has 0 unspecified atom stereocenters. The van der Waals surface area contributed by atoms with Gasteiger partial charge < -0.3 is 5.11 Å². The molecule has 0 spiro atoms. The first-order chi connectivity index (χ1) is 15.6. The molecule has 154 valence electrons. The van der Waals surface area contributed by atoms with Gasteiger partial charge in [-0.2, -0.15) is 0 Å². The summed E-state index contributed by atoms with van der Waals surface area (Å²) in [5.74, 6) is 1.11. The lowest BCUT2D eigenvalue weighted by molar-refractivity contribution is 0.475. The summed E-state index contributed by atoms with van der Waals surface area (Å²) < 4.78 is 4.26. The SMILES string of the molecule is Oc1ccc(-n2c(-c3ccccc3)nc3c4ccc(Br)cc4c4cc(Br)ccc4c32)cc1. The van der Waals surface area contributed by atoms with Gasteiger partial charge in [0, 0.05) is 31.0 Å². The van der Waals surface area contributed by atoms with Crippen LogP contribution in [0.2, 0.25) is 0 Å². The number of benzene rings is 5. The van der Waals surface area contributed by atoms with Crippen LogP contribution < -0.4 is 0 Å². The fourth-order valence-electron chi connectivity index (χ4n) is 4.38. The molecular weight excluding hydrogens is 528 g/mol. The summed E-state index contributed by atoms with van der Waals surface area (Å²) in [5.41, 5.74) is 3.98. The Morgan fingerprint density at radius 1 is 0.656 bits per heavy atom. The van der Waals surface area contributed by atoms with Crippen molar-refractivity contribution in [3.8, 4) is 22.8 Å². The molecule has 5 aromatic carbocycles. The summed E-state index contributed by atoms with van der Waals surface area (Å²) in [6.07, 6.45) is 0. The normalized spacial score (nSPS) is 11.6. The van der Waals surface area contributed by atoms with Crippen molar-refractivity contribution < 1.29 is 5.11 Å². The Hall–Kier alpha value is -3.15. The quantitative estimate of drug-likeness (QED) is 0.223. The predicted octanol–water partition coefficient (Wildman–Crippen LogP) is 8.23. The molecule has 0 atom stereocenters. The lowest BCUT2D eigenvalue weighted by atomic mass is 10.00. The van der Waals surface area contributed by atoms with Crippen LogP contribution in [0, 0.1) is 0 Å². The second kappa shape index (κ2) is 7.47. The Balaban J connectivity index is 1.87. The molecule has 1 N–H and O–H groups in total. The zero-order valence-electron chi connectivity index (χ0n) is 16.8. The highest BCUT2D eigenvalue weighted by Crippen LogP contribution is 2.40. The van der Waals surface area contributed by atoms with Crippen molar-refractivity contribution in [3.63, 3.8) is 0 Å². The average Bonchev–Trinajstić information content (AvgIpc) is 3.21. The number of aromatic nitrogens is 2. The smallest absolute Gasteiger partial charge is 0.145 e. The summed E-state index contributed by atoms with van der Waals surface area (Å²) in [7, 11) is 0. The van der Waals surface area contributed by atoms with Crippen molar-refractivity contribution in [1.29, 1.82) is 0 Å². The van der Waals surface area contributed by atoms with E-state index in [4.69, 9.17) is 4.98 Å². The number of imidazole rings is 1. The van der Waals surface area contributed by atoms with Crippen molar-refractivity contribution in [2.24, 2.45) is 0 Å². The standard InChI is InChI=1S/C27H16Br2N2O/c28-17-6-12-21-23(14-17)24-15-18(29)7-13-22(24)26-25(21)30-27(16-4-2-1-3-5-16)31(26)19-8-10-20(32)11-9-19/h1-15,32H. The number of halogens is 2. The van der Waals surface area contributed by atoms with E-state index in [1.165, 1.54) is 0 Å². The molecule has 0 aliphatic carbocycles. The Bertz CT molecular complexity index is 1640. The van der Waals surface area contributed by atoms with Gasteiger partial charge in [-0.1, -0.05) is 74.3 Å². The molecule has 0 amide bonds. The van der Waals surface area contributed by atoms with Gasteiger partial charge in [-0.3, -0.25) is 4.57 Å². The molecule has 0 aliphatic heterocycles. The fraction of sp³-hybridized carbons (Fsp3) is 0. The minimum Gasteiger partial charge on any atom is -0.508 e. The highest BCUT2D eigenvalue weighted by atomic mass is 79.9. The number of fused-ring (bicyclic) bond motifs is 6. The molecule has 0 bridgehead atoms. The van der Waals surface area contributed by atoms with Gasteiger partial charge in [-0.15, -0.1) is 0 Å². The predicted molar refractivity (Wildman–Crippen MR) is 139 cm³/mol. The number of rotatable bonds is 2. The third kappa shape index (κ3) is 3.04. The van der Waals surface area contributed by atoms with Crippen LogP contribution in [0.25, 0.3) is 49.7 Å². The highest BCUT2D eigenvalue weighted by Gasteiger charge is 2.20. The number of phenolic OH excluding ortho intramolecular Hbond substituents is 1. The molecule has 32 heavy (non-hydrogen) atoms. The summed E-state index contributed by atoms with van der Waals surface area (Å²) in [5, 5.41) is 14.4. The molecular formula is C27H16Br2N2O. The van der Waals surface area contributed by atoms with Gasteiger partial charge in [-0.25, -0.2) is 4.98 Å². The number of phenols is 1. The van der Waals surface area contributed by atoms with E-state index in [9.17, 15) is 5.11 Å². The van der Waals surface area contributed by atoms with Crippen molar-refractivity contribution in [3.05, 3.63) is 99.9 Å². The summed E-state index contributed by atoms with van der Waals surface area (Å²) in [4.78, 5) is 5.19. The maximum atomic E-state index is 9.89. The van der Waals surface area contributed by atoms with Crippen LogP contribution in [0.15, 0.2) is 99.9 Å². The van der Waals surface area contributed by atoms with Crippen molar-refractivity contribution in [2.45, 2.75) is 0 Å². The summed E-state index contributed by atoms with van der Waals surface area (Å²) in [6.45, 7) is 0. The molecule has 3 nitrogen and oxygen atoms in total. The molecule has 6 aromatic rings. The minimum atomic E-state index is 0.239. The maximum absolute atomic E-state index is 9.89. The van der Waals surface area contributed by atoms with Crippen LogP contribution in [0.1, 0.15) is 0 Å². The van der Waals surface area contributed by atoms with E-state index >= 15 is 0 Å². The molecule has 0 saturated heterocycles. The Kier molecular flexibility index (Phi) is 4.56. The highest BCUT2D eigenvalue weighted by molar-refractivity contribution is 9.10. The van der Waals surface area contributed by atoms with Gasteiger partial charge in [-0.05, 0) is 59.3 Å². The van der Waals surface area contributed by atoms with E-state index < -0.39 is 0 Å². The second-order valence-electron chi connectivity index (χ2n) is 7.73. The van der Waals surface area contributed by atoms with Gasteiger partial charge in [0.1, 0.15) is 11.6 Å². The van der Waals surface area contributed by atoms with Crippen molar-refractivity contribution in [2.75, 3.05) is 0 Å².